The van der Waals surface area contributed by atoms with Gasteiger partial charge >= 0.3 is 0 Å². The molecule has 2 aromatic carbocycles. The summed E-state index contributed by atoms with van der Waals surface area (Å²) in [5.41, 5.74) is 2.02. The number of Topliss-reactive ketones (excluding diaryl/α,β-unsaturated/α-hetero) is 1. The maximum absolute atomic E-state index is 11.1. The molecule has 0 radical (unpaired) electrons. The molecule has 3 nitrogen and oxygen atoms in total. The van der Waals surface area contributed by atoms with Crippen LogP contribution >= 0.6 is 11.3 Å². The van der Waals surface area contributed by atoms with Gasteiger partial charge in [0.15, 0.2) is 0 Å². The second kappa shape index (κ2) is 6.06. The highest BCUT2D eigenvalue weighted by Crippen LogP contribution is 2.23. The highest BCUT2D eigenvalue weighted by atomic mass is 32.1. The van der Waals surface area contributed by atoms with E-state index >= 15 is 0 Å². The summed E-state index contributed by atoms with van der Waals surface area (Å²) in [5, 5.41) is 0.962. The van der Waals surface area contributed by atoms with Gasteiger partial charge in [0.1, 0.15) is 23.1 Å². The summed E-state index contributed by atoms with van der Waals surface area (Å²) in [6, 6.07) is 15.7. The Morgan fingerprint density at radius 3 is 2.62 bits per heavy atom. The predicted octanol–water partition coefficient (Wildman–Crippen LogP) is 4.01. The molecule has 3 aromatic rings. The van der Waals surface area contributed by atoms with Gasteiger partial charge in [-0.1, -0.05) is 24.3 Å². The largest absolute Gasteiger partial charge is 0.486 e. The van der Waals surface area contributed by atoms with Gasteiger partial charge in [-0.2, -0.15) is 0 Å². The van der Waals surface area contributed by atoms with E-state index in [0.717, 1.165) is 21.8 Å². The molecule has 21 heavy (non-hydrogen) atoms. The van der Waals surface area contributed by atoms with Crippen molar-refractivity contribution in [3.63, 3.8) is 0 Å². The first-order valence-corrected chi connectivity index (χ1v) is 7.58. The number of thiazole rings is 1. The van der Waals surface area contributed by atoms with Gasteiger partial charge in [-0.15, -0.1) is 11.3 Å². The highest BCUT2D eigenvalue weighted by molar-refractivity contribution is 7.18. The number of rotatable bonds is 5. The lowest BCUT2D eigenvalue weighted by molar-refractivity contribution is -0.116. The number of hydrogen-bond donors (Lipinski definition) is 0. The molecule has 0 aliphatic heterocycles. The lowest BCUT2D eigenvalue weighted by Crippen LogP contribution is -1.97. The summed E-state index contributed by atoms with van der Waals surface area (Å²) in [6.07, 6.45) is 0.470. The smallest absolute Gasteiger partial charge is 0.140 e. The van der Waals surface area contributed by atoms with Crippen molar-refractivity contribution in [3.05, 3.63) is 59.1 Å². The van der Waals surface area contributed by atoms with Crippen LogP contribution in [0.2, 0.25) is 0 Å². The molecular weight excluding hydrogens is 282 g/mol. The zero-order valence-electron chi connectivity index (χ0n) is 11.7. The number of carbonyl (C=O) groups is 1. The molecule has 0 aliphatic rings. The summed E-state index contributed by atoms with van der Waals surface area (Å²) in [5.74, 6) is 0.958. The fourth-order valence-corrected chi connectivity index (χ4v) is 3.00. The molecule has 0 spiro atoms. The zero-order valence-corrected chi connectivity index (χ0v) is 12.5. The molecule has 0 atom stereocenters. The van der Waals surface area contributed by atoms with Crippen molar-refractivity contribution >= 4 is 27.3 Å². The summed E-state index contributed by atoms with van der Waals surface area (Å²) in [7, 11) is 0. The predicted molar refractivity (Wildman–Crippen MR) is 84.8 cm³/mol. The highest BCUT2D eigenvalue weighted by Gasteiger charge is 2.04. The van der Waals surface area contributed by atoms with E-state index in [9.17, 15) is 4.79 Å². The van der Waals surface area contributed by atoms with Gasteiger partial charge in [-0.25, -0.2) is 4.98 Å². The number of ketones is 1. The van der Waals surface area contributed by atoms with Crippen molar-refractivity contribution in [1.29, 1.82) is 0 Å². The van der Waals surface area contributed by atoms with Crippen LogP contribution in [0.15, 0.2) is 48.5 Å². The number of ether oxygens (including phenoxy) is 1. The van der Waals surface area contributed by atoms with Crippen LogP contribution in [0, 0.1) is 0 Å². The van der Waals surface area contributed by atoms with E-state index < -0.39 is 0 Å². The number of hydrogen-bond acceptors (Lipinski definition) is 4. The molecule has 0 unspecified atom stereocenters. The van der Waals surface area contributed by atoms with Crippen molar-refractivity contribution in [1.82, 2.24) is 4.98 Å². The van der Waals surface area contributed by atoms with E-state index in [-0.39, 0.29) is 5.78 Å². The number of aromatic nitrogens is 1. The number of fused-ring (bicyclic) bond motifs is 1. The van der Waals surface area contributed by atoms with E-state index in [4.69, 9.17) is 4.74 Å². The number of para-hydroxylation sites is 1. The Kier molecular flexibility index (Phi) is 3.97. The standard InChI is InChI=1S/C17H15NO2S/c1-12(19)10-13-6-8-14(9-7-13)20-11-17-18-15-4-2-3-5-16(15)21-17/h2-9H,10-11H2,1H3. The van der Waals surface area contributed by atoms with Crippen LogP contribution < -0.4 is 4.74 Å². The minimum Gasteiger partial charge on any atom is -0.486 e. The molecule has 0 fully saturated rings. The Labute approximate surface area is 127 Å². The van der Waals surface area contributed by atoms with Crippen molar-refractivity contribution in [2.45, 2.75) is 20.0 Å². The average molecular weight is 297 g/mol. The molecule has 1 aromatic heterocycles. The Morgan fingerprint density at radius 2 is 1.90 bits per heavy atom. The van der Waals surface area contributed by atoms with E-state index in [0.29, 0.717) is 13.0 Å². The van der Waals surface area contributed by atoms with Crippen LogP contribution in [-0.4, -0.2) is 10.8 Å². The fraction of sp³-hybridized carbons (Fsp3) is 0.176. The van der Waals surface area contributed by atoms with Gasteiger partial charge in [0.05, 0.1) is 10.2 Å². The van der Waals surface area contributed by atoms with E-state index in [1.807, 2.05) is 42.5 Å². The zero-order chi connectivity index (χ0) is 14.7. The minimum atomic E-state index is 0.165. The summed E-state index contributed by atoms with van der Waals surface area (Å²) >= 11 is 1.65. The lowest BCUT2D eigenvalue weighted by atomic mass is 10.1. The fourth-order valence-electron chi connectivity index (χ4n) is 2.12. The van der Waals surface area contributed by atoms with Crippen molar-refractivity contribution in [3.8, 4) is 5.75 Å². The van der Waals surface area contributed by atoms with Crippen LogP contribution in [0.25, 0.3) is 10.2 Å². The van der Waals surface area contributed by atoms with Gasteiger partial charge < -0.3 is 4.74 Å². The van der Waals surface area contributed by atoms with E-state index in [1.54, 1.807) is 18.3 Å². The molecule has 4 heteroatoms. The molecule has 0 saturated carbocycles. The Hall–Kier alpha value is -2.20. The molecular formula is C17H15NO2S. The molecule has 1 heterocycles. The summed E-state index contributed by atoms with van der Waals surface area (Å²) in [4.78, 5) is 15.6. The van der Waals surface area contributed by atoms with Crippen LogP contribution in [0.5, 0.6) is 5.75 Å². The van der Waals surface area contributed by atoms with Crippen molar-refractivity contribution in [2.24, 2.45) is 0 Å². The van der Waals surface area contributed by atoms with E-state index in [1.165, 1.54) is 4.70 Å². The third-order valence-electron chi connectivity index (χ3n) is 3.08. The third-order valence-corrected chi connectivity index (χ3v) is 4.09. The molecule has 0 N–H and O–H groups in total. The molecule has 3 rings (SSSR count). The van der Waals surface area contributed by atoms with E-state index in [2.05, 4.69) is 11.1 Å². The monoisotopic (exact) mass is 297 g/mol. The van der Waals surface area contributed by atoms with Gasteiger partial charge in [0, 0.05) is 6.42 Å². The first kappa shape index (κ1) is 13.8. The SMILES string of the molecule is CC(=O)Cc1ccc(OCc2nc3ccccc3s2)cc1. The van der Waals surface area contributed by atoms with Crippen molar-refractivity contribution < 1.29 is 9.53 Å². The lowest BCUT2D eigenvalue weighted by Gasteiger charge is -2.04. The van der Waals surface area contributed by atoms with Gasteiger partial charge in [0.25, 0.3) is 0 Å². The average Bonchev–Trinajstić information content (AvgIpc) is 2.89. The minimum absolute atomic E-state index is 0.165. The van der Waals surface area contributed by atoms with Crippen LogP contribution in [-0.2, 0) is 17.8 Å². The van der Waals surface area contributed by atoms with Crippen LogP contribution in [0.4, 0.5) is 0 Å². The quantitative estimate of drug-likeness (QED) is 0.714. The number of benzene rings is 2. The normalized spacial score (nSPS) is 10.7. The maximum atomic E-state index is 11.1. The molecule has 0 bridgehead atoms. The van der Waals surface area contributed by atoms with Crippen LogP contribution in [0.1, 0.15) is 17.5 Å². The van der Waals surface area contributed by atoms with Gasteiger partial charge in [-0.3, -0.25) is 4.79 Å². The summed E-state index contributed by atoms with van der Waals surface area (Å²) < 4.78 is 6.92. The van der Waals surface area contributed by atoms with Crippen LogP contribution in [0.3, 0.4) is 0 Å². The molecule has 0 amide bonds. The number of nitrogens with zero attached hydrogens (tertiary/aromatic N) is 1. The third kappa shape index (κ3) is 3.47. The topological polar surface area (TPSA) is 39.2 Å². The Morgan fingerprint density at radius 1 is 1.14 bits per heavy atom. The molecule has 106 valence electrons. The summed E-state index contributed by atoms with van der Waals surface area (Å²) in [6.45, 7) is 2.06. The number of carbonyl (C=O) groups excluding carboxylic acids is 1. The van der Waals surface area contributed by atoms with Gasteiger partial charge in [-0.05, 0) is 36.8 Å². The first-order valence-electron chi connectivity index (χ1n) is 6.76. The second-order valence-electron chi connectivity index (χ2n) is 4.89. The van der Waals surface area contributed by atoms with Crippen molar-refractivity contribution in [2.75, 3.05) is 0 Å². The molecule has 0 saturated heterocycles. The Balaban J connectivity index is 1.65. The van der Waals surface area contributed by atoms with Gasteiger partial charge in [0.2, 0.25) is 0 Å². The Bertz CT molecular complexity index is 729. The first-order chi connectivity index (χ1) is 10.2. The maximum Gasteiger partial charge on any atom is 0.140 e. The molecule has 0 aliphatic carbocycles. The second-order valence-corrected chi connectivity index (χ2v) is 6.00.